The van der Waals surface area contributed by atoms with E-state index in [9.17, 15) is 9.90 Å². The van der Waals surface area contributed by atoms with Crippen LogP contribution in [0.15, 0.2) is 18.2 Å². The molecular weight excluding hydrogens is 303 g/mol. The zero-order valence-corrected chi connectivity index (χ0v) is 12.8. The quantitative estimate of drug-likeness (QED) is 0.711. The number of halogens is 2. The number of carbonyl (C=O) groups is 1. The van der Waals surface area contributed by atoms with E-state index in [1.165, 1.54) is 0 Å². The first-order valence-corrected chi connectivity index (χ1v) is 6.91. The standard InChI is InChI=1S/C13H18Cl2N2O3/c1-8(13(19)16-2)17-6-9(18)7-20-12-10(14)4-3-5-11(12)15/h3-5,8-9,17-18H,6-7H2,1-2H3,(H,16,19). The molecule has 0 aliphatic rings. The Morgan fingerprint density at radius 3 is 2.55 bits per heavy atom. The van der Waals surface area contributed by atoms with Gasteiger partial charge >= 0.3 is 0 Å². The molecular formula is C13H18Cl2N2O3. The van der Waals surface area contributed by atoms with Crippen LogP contribution in [0.25, 0.3) is 0 Å². The minimum atomic E-state index is -0.783. The molecule has 0 aliphatic heterocycles. The van der Waals surface area contributed by atoms with E-state index in [0.29, 0.717) is 15.8 Å². The van der Waals surface area contributed by atoms with Crippen LogP contribution < -0.4 is 15.4 Å². The Labute approximate surface area is 128 Å². The minimum absolute atomic E-state index is 0.0247. The molecule has 1 aromatic carbocycles. The Morgan fingerprint density at radius 1 is 1.40 bits per heavy atom. The van der Waals surface area contributed by atoms with E-state index in [-0.39, 0.29) is 19.1 Å². The Morgan fingerprint density at radius 2 is 2.00 bits per heavy atom. The van der Waals surface area contributed by atoms with Crippen molar-refractivity contribution in [1.82, 2.24) is 10.6 Å². The number of aliphatic hydroxyl groups excluding tert-OH is 1. The number of nitrogens with one attached hydrogen (secondary N) is 2. The lowest BCUT2D eigenvalue weighted by Gasteiger charge is -2.17. The Kier molecular flexibility index (Phi) is 7.09. The highest BCUT2D eigenvalue weighted by Gasteiger charge is 2.14. The number of rotatable bonds is 7. The second-order valence-electron chi connectivity index (χ2n) is 4.26. The van der Waals surface area contributed by atoms with Crippen molar-refractivity contribution in [2.24, 2.45) is 0 Å². The summed E-state index contributed by atoms with van der Waals surface area (Å²) in [4.78, 5) is 11.3. The molecule has 2 unspecified atom stereocenters. The largest absolute Gasteiger partial charge is 0.488 e. The number of aliphatic hydroxyl groups is 1. The lowest BCUT2D eigenvalue weighted by Crippen LogP contribution is -2.44. The van der Waals surface area contributed by atoms with Gasteiger partial charge in [-0.05, 0) is 19.1 Å². The van der Waals surface area contributed by atoms with E-state index < -0.39 is 12.1 Å². The number of ether oxygens (including phenoxy) is 1. The maximum Gasteiger partial charge on any atom is 0.236 e. The predicted molar refractivity (Wildman–Crippen MR) is 79.5 cm³/mol. The molecule has 1 aromatic rings. The SMILES string of the molecule is CNC(=O)C(C)NCC(O)COc1c(Cl)cccc1Cl. The van der Waals surface area contributed by atoms with Crippen molar-refractivity contribution >= 4 is 29.1 Å². The lowest BCUT2D eigenvalue weighted by atomic mass is 10.3. The molecule has 7 heteroatoms. The van der Waals surface area contributed by atoms with Crippen LogP contribution in [0.1, 0.15) is 6.92 Å². The van der Waals surface area contributed by atoms with Crippen molar-refractivity contribution in [3.8, 4) is 5.75 Å². The first-order chi connectivity index (χ1) is 9.45. The average Bonchev–Trinajstić information content (AvgIpc) is 2.43. The van der Waals surface area contributed by atoms with Gasteiger partial charge in [0.15, 0.2) is 5.75 Å². The fraction of sp³-hybridized carbons (Fsp3) is 0.462. The normalized spacial score (nSPS) is 13.7. The zero-order valence-electron chi connectivity index (χ0n) is 11.3. The first kappa shape index (κ1) is 17.0. The third-order valence-corrected chi connectivity index (χ3v) is 3.23. The molecule has 0 aliphatic carbocycles. The van der Waals surface area contributed by atoms with Crippen molar-refractivity contribution in [3.05, 3.63) is 28.2 Å². The third kappa shape index (κ3) is 5.17. The molecule has 2 atom stereocenters. The summed E-state index contributed by atoms with van der Waals surface area (Å²) < 4.78 is 5.39. The summed E-state index contributed by atoms with van der Waals surface area (Å²) in [5.41, 5.74) is 0. The zero-order chi connectivity index (χ0) is 15.1. The summed E-state index contributed by atoms with van der Waals surface area (Å²) in [5.74, 6) is 0.196. The molecule has 0 fully saturated rings. The topological polar surface area (TPSA) is 70.6 Å². The number of benzene rings is 1. The summed E-state index contributed by atoms with van der Waals surface area (Å²) >= 11 is 11.9. The number of carbonyl (C=O) groups excluding carboxylic acids is 1. The van der Waals surface area contributed by atoms with Gasteiger partial charge in [-0.2, -0.15) is 0 Å². The van der Waals surface area contributed by atoms with Crippen molar-refractivity contribution in [3.63, 3.8) is 0 Å². The Hall–Kier alpha value is -1.01. The Bertz CT molecular complexity index is 437. The van der Waals surface area contributed by atoms with Crippen LogP contribution in [-0.4, -0.2) is 43.4 Å². The molecule has 1 amide bonds. The van der Waals surface area contributed by atoms with E-state index in [1.54, 1.807) is 32.2 Å². The maximum absolute atomic E-state index is 11.3. The van der Waals surface area contributed by atoms with Gasteiger partial charge in [0.1, 0.15) is 12.7 Å². The van der Waals surface area contributed by atoms with E-state index >= 15 is 0 Å². The van der Waals surface area contributed by atoms with Crippen molar-refractivity contribution in [2.45, 2.75) is 19.1 Å². The molecule has 112 valence electrons. The summed E-state index contributed by atoms with van der Waals surface area (Å²) in [6.45, 7) is 1.95. The summed E-state index contributed by atoms with van der Waals surface area (Å²) in [6.07, 6.45) is -0.783. The summed E-state index contributed by atoms with van der Waals surface area (Å²) in [6, 6.07) is 4.63. The first-order valence-electron chi connectivity index (χ1n) is 6.15. The molecule has 0 saturated carbocycles. The minimum Gasteiger partial charge on any atom is -0.488 e. The number of hydrogen-bond donors (Lipinski definition) is 3. The molecule has 0 bridgehead atoms. The molecule has 20 heavy (non-hydrogen) atoms. The van der Waals surface area contributed by atoms with Gasteiger partial charge in [-0.3, -0.25) is 4.79 Å². The molecule has 0 aromatic heterocycles. The number of amides is 1. The molecule has 0 heterocycles. The van der Waals surface area contributed by atoms with E-state index in [0.717, 1.165) is 0 Å². The van der Waals surface area contributed by atoms with Gasteiger partial charge < -0.3 is 20.5 Å². The van der Waals surface area contributed by atoms with E-state index in [1.807, 2.05) is 0 Å². The monoisotopic (exact) mass is 320 g/mol. The van der Waals surface area contributed by atoms with Gasteiger partial charge in [0.05, 0.1) is 16.1 Å². The molecule has 0 saturated heterocycles. The highest BCUT2D eigenvalue weighted by Crippen LogP contribution is 2.32. The van der Waals surface area contributed by atoms with Gasteiger partial charge in [0.25, 0.3) is 0 Å². The van der Waals surface area contributed by atoms with E-state index in [4.69, 9.17) is 27.9 Å². The molecule has 1 rings (SSSR count). The second kappa shape index (κ2) is 8.32. The molecule has 0 radical (unpaired) electrons. The van der Waals surface area contributed by atoms with Gasteiger partial charge in [-0.1, -0.05) is 29.3 Å². The maximum atomic E-state index is 11.3. The summed E-state index contributed by atoms with van der Waals surface area (Å²) in [7, 11) is 1.56. The number of likely N-dealkylation sites (N-methyl/N-ethyl adjacent to an activating group) is 1. The molecule has 3 N–H and O–H groups in total. The van der Waals surface area contributed by atoms with Crippen LogP contribution in [0.5, 0.6) is 5.75 Å². The number of hydrogen-bond acceptors (Lipinski definition) is 4. The van der Waals surface area contributed by atoms with Gasteiger partial charge in [0, 0.05) is 13.6 Å². The molecule has 0 spiro atoms. The van der Waals surface area contributed by atoms with Crippen LogP contribution in [-0.2, 0) is 4.79 Å². The van der Waals surface area contributed by atoms with Crippen molar-refractivity contribution in [1.29, 1.82) is 0 Å². The summed E-state index contributed by atoms with van der Waals surface area (Å²) in [5, 5.41) is 16.0. The van der Waals surface area contributed by atoms with Crippen LogP contribution in [0.4, 0.5) is 0 Å². The van der Waals surface area contributed by atoms with Crippen LogP contribution in [0, 0.1) is 0 Å². The van der Waals surface area contributed by atoms with E-state index in [2.05, 4.69) is 10.6 Å². The predicted octanol–water partition coefficient (Wildman–Crippen LogP) is 1.46. The van der Waals surface area contributed by atoms with Crippen LogP contribution in [0.2, 0.25) is 10.0 Å². The second-order valence-corrected chi connectivity index (χ2v) is 5.07. The fourth-order valence-corrected chi connectivity index (χ4v) is 1.99. The van der Waals surface area contributed by atoms with Crippen molar-refractivity contribution < 1.29 is 14.6 Å². The average molecular weight is 321 g/mol. The van der Waals surface area contributed by atoms with Gasteiger partial charge in [-0.25, -0.2) is 0 Å². The highest BCUT2D eigenvalue weighted by molar-refractivity contribution is 6.37. The van der Waals surface area contributed by atoms with Crippen LogP contribution >= 0.6 is 23.2 Å². The smallest absolute Gasteiger partial charge is 0.236 e. The Balaban J connectivity index is 2.40. The number of para-hydroxylation sites is 1. The third-order valence-electron chi connectivity index (χ3n) is 2.64. The van der Waals surface area contributed by atoms with Crippen LogP contribution in [0.3, 0.4) is 0 Å². The van der Waals surface area contributed by atoms with Gasteiger partial charge in [0.2, 0.25) is 5.91 Å². The molecule has 5 nitrogen and oxygen atoms in total. The van der Waals surface area contributed by atoms with Gasteiger partial charge in [-0.15, -0.1) is 0 Å². The van der Waals surface area contributed by atoms with Crippen molar-refractivity contribution in [2.75, 3.05) is 20.2 Å². The highest BCUT2D eigenvalue weighted by atomic mass is 35.5. The lowest BCUT2D eigenvalue weighted by molar-refractivity contribution is -0.122. The fourth-order valence-electron chi connectivity index (χ4n) is 1.48.